The second-order valence-corrected chi connectivity index (χ2v) is 12.5. The summed E-state index contributed by atoms with van der Waals surface area (Å²) in [4.78, 5) is 40.6. The van der Waals surface area contributed by atoms with E-state index < -0.39 is 16.5 Å². The van der Waals surface area contributed by atoms with Crippen LogP contribution in [0.4, 0.5) is 5.69 Å². The van der Waals surface area contributed by atoms with Crippen LogP contribution in [0.2, 0.25) is 5.02 Å². The topological polar surface area (TPSA) is 120 Å². The fraction of sp³-hybridized carbons (Fsp3) is 0.250. The maximum atomic E-state index is 13.9. The summed E-state index contributed by atoms with van der Waals surface area (Å²) >= 11 is 7.59. The Bertz CT molecular complexity index is 1720. The van der Waals surface area contributed by atoms with Crippen molar-refractivity contribution in [2.45, 2.75) is 37.0 Å². The molecule has 244 valence electrons. The van der Waals surface area contributed by atoms with Crippen LogP contribution in [-0.2, 0) is 22.6 Å². The van der Waals surface area contributed by atoms with Crippen LogP contribution >= 0.6 is 23.4 Å². The number of hydrogen-bond acceptors (Lipinski definition) is 7. The Hall–Kier alpha value is -4.67. The van der Waals surface area contributed by atoms with E-state index in [0.29, 0.717) is 49.1 Å². The first kappa shape index (κ1) is 33.7. The molecule has 0 radical (unpaired) electrons. The van der Waals surface area contributed by atoms with E-state index in [9.17, 15) is 14.4 Å². The molecule has 1 heterocycles. The van der Waals surface area contributed by atoms with Crippen LogP contribution in [0.5, 0.6) is 17.2 Å². The summed E-state index contributed by atoms with van der Waals surface area (Å²) in [5.74, 6) is 0.780. The van der Waals surface area contributed by atoms with E-state index >= 15 is 0 Å². The highest BCUT2D eigenvalue weighted by atomic mass is 35.5. The Labute approximate surface area is 283 Å². The van der Waals surface area contributed by atoms with Crippen LogP contribution in [-0.4, -0.2) is 43.2 Å². The number of benzene rings is 4. The molecule has 5 rings (SSSR count). The fourth-order valence-electron chi connectivity index (χ4n) is 5.22. The number of nitrogens with two attached hydrogens (primary N) is 1. The van der Waals surface area contributed by atoms with Crippen molar-refractivity contribution in [1.82, 2.24) is 5.32 Å². The molecule has 11 heteroatoms. The molecule has 3 N–H and O–H groups in total. The number of methoxy groups -OCH3 is 1. The van der Waals surface area contributed by atoms with E-state index in [0.717, 1.165) is 16.7 Å². The largest absolute Gasteiger partial charge is 0.493 e. The fourth-order valence-corrected chi connectivity index (χ4v) is 6.89. The summed E-state index contributed by atoms with van der Waals surface area (Å²) in [5.41, 5.74) is 8.99. The van der Waals surface area contributed by atoms with Gasteiger partial charge in [-0.15, -0.1) is 11.8 Å². The number of carbonyl (C=O) groups excluding carboxylic acids is 3. The number of halogens is 1. The van der Waals surface area contributed by atoms with Gasteiger partial charge in [0.15, 0.2) is 11.5 Å². The maximum absolute atomic E-state index is 13.9. The number of thioether (sulfide) groups is 1. The molecule has 1 aliphatic rings. The van der Waals surface area contributed by atoms with E-state index in [1.54, 1.807) is 24.1 Å². The molecule has 0 aliphatic carbocycles. The highest BCUT2D eigenvalue weighted by Gasteiger charge is 2.43. The number of rotatable bonds is 14. The zero-order valence-corrected chi connectivity index (χ0v) is 27.7. The van der Waals surface area contributed by atoms with Gasteiger partial charge < -0.3 is 25.3 Å². The van der Waals surface area contributed by atoms with Crippen LogP contribution in [0, 0.1) is 0 Å². The molecule has 0 unspecified atom stereocenters. The third-order valence-electron chi connectivity index (χ3n) is 7.58. The smallest absolute Gasteiger partial charge is 0.250 e. The molecule has 1 aliphatic heterocycles. The molecule has 0 spiro atoms. The summed E-state index contributed by atoms with van der Waals surface area (Å²) < 4.78 is 17.0. The van der Waals surface area contributed by atoms with E-state index in [2.05, 4.69) is 5.32 Å². The highest BCUT2D eigenvalue weighted by molar-refractivity contribution is 8.01. The molecule has 1 saturated heterocycles. The molecule has 4 aromatic rings. The molecule has 3 amide bonds. The van der Waals surface area contributed by atoms with Crippen LogP contribution in [0.15, 0.2) is 91.0 Å². The van der Waals surface area contributed by atoms with E-state index in [-0.39, 0.29) is 28.8 Å². The van der Waals surface area contributed by atoms with Crippen molar-refractivity contribution >= 4 is 46.8 Å². The molecule has 9 nitrogen and oxygen atoms in total. The number of nitrogens with one attached hydrogen (secondary N) is 1. The molecule has 0 bridgehead atoms. The second-order valence-electron chi connectivity index (χ2n) is 10.8. The van der Waals surface area contributed by atoms with Crippen molar-refractivity contribution in [3.8, 4) is 17.2 Å². The van der Waals surface area contributed by atoms with E-state index in [4.69, 9.17) is 31.5 Å². The van der Waals surface area contributed by atoms with Crippen molar-refractivity contribution < 1.29 is 28.6 Å². The van der Waals surface area contributed by atoms with Gasteiger partial charge in [0.05, 0.1) is 29.6 Å². The van der Waals surface area contributed by atoms with Crippen LogP contribution < -0.4 is 30.2 Å². The minimum absolute atomic E-state index is 0.0160. The maximum Gasteiger partial charge on any atom is 0.250 e. The zero-order valence-electron chi connectivity index (χ0n) is 26.1. The number of carbonyl (C=O) groups is 3. The lowest BCUT2D eigenvalue weighted by atomic mass is 10.1. The number of anilines is 1. The zero-order chi connectivity index (χ0) is 33.3. The highest BCUT2D eigenvalue weighted by Crippen LogP contribution is 2.47. The summed E-state index contributed by atoms with van der Waals surface area (Å²) in [6.45, 7) is 3.22. The average Bonchev–Trinajstić information content (AvgIpc) is 3.40. The number of primary amides is 1. The quantitative estimate of drug-likeness (QED) is 0.161. The van der Waals surface area contributed by atoms with Crippen molar-refractivity contribution in [1.29, 1.82) is 0 Å². The van der Waals surface area contributed by atoms with Gasteiger partial charge in [0.25, 0.3) is 0 Å². The molecule has 2 atom stereocenters. The molecular formula is C36H36ClN3O6S. The van der Waals surface area contributed by atoms with Crippen molar-refractivity contribution in [3.05, 3.63) is 118 Å². The van der Waals surface area contributed by atoms with Gasteiger partial charge in [-0.05, 0) is 72.5 Å². The number of nitrogens with zero attached hydrogens (tertiary/aromatic N) is 1. The lowest BCUT2D eigenvalue weighted by Gasteiger charge is -2.25. The number of amides is 3. The molecule has 0 aromatic heterocycles. The Morgan fingerprint density at radius 2 is 1.70 bits per heavy atom. The Morgan fingerprint density at radius 1 is 0.936 bits per heavy atom. The van der Waals surface area contributed by atoms with Crippen molar-refractivity contribution in [3.63, 3.8) is 0 Å². The molecule has 0 saturated carbocycles. The minimum Gasteiger partial charge on any atom is -0.493 e. The third kappa shape index (κ3) is 8.38. The molecule has 4 aromatic carbocycles. The Morgan fingerprint density at radius 3 is 2.40 bits per heavy atom. The van der Waals surface area contributed by atoms with Gasteiger partial charge in [0.2, 0.25) is 17.7 Å². The predicted octanol–water partition coefficient (Wildman–Crippen LogP) is 6.32. The van der Waals surface area contributed by atoms with Gasteiger partial charge in [-0.25, -0.2) is 0 Å². The third-order valence-corrected chi connectivity index (χ3v) is 9.35. The SMILES string of the molecule is CCOc1cc(CCNC(=O)C[C@H]2S[C@@H](c3ccc(OCc4ccccc4)cc3)N(c3ccc(Cl)c(C(N)=O)c3)C2=O)ccc1OC. The summed E-state index contributed by atoms with van der Waals surface area (Å²) in [6, 6.07) is 27.8. The molecule has 1 fully saturated rings. The van der Waals surface area contributed by atoms with E-state index in [1.165, 1.54) is 17.8 Å². The van der Waals surface area contributed by atoms with Crippen LogP contribution in [0.25, 0.3) is 0 Å². The van der Waals surface area contributed by atoms with Crippen molar-refractivity contribution in [2.75, 3.05) is 25.2 Å². The summed E-state index contributed by atoms with van der Waals surface area (Å²) in [6.07, 6.45) is 0.563. The van der Waals surface area contributed by atoms with Crippen molar-refractivity contribution in [2.24, 2.45) is 5.73 Å². The Kier molecular flexibility index (Phi) is 11.3. The predicted molar refractivity (Wildman–Crippen MR) is 184 cm³/mol. The van der Waals surface area contributed by atoms with Gasteiger partial charge in [-0.2, -0.15) is 0 Å². The number of hydrogen-bond donors (Lipinski definition) is 2. The Balaban J connectivity index is 1.29. The van der Waals surface area contributed by atoms with Gasteiger partial charge >= 0.3 is 0 Å². The van der Waals surface area contributed by atoms with Gasteiger partial charge in [-0.3, -0.25) is 19.3 Å². The normalized spacial score (nSPS) is 15.7. The summed E-state index contributed by atoms with van der Waals surface area (Å²) in [7, 11) is 1.59. The standard InChI is InChI=1S/C36H36ClN3O6S/c1-3-45-31-19-23(9-16-30(31)44-2)17-18-39-33(41)21-32-35(43)40(26-12-15-29(37)28(20-26)34(38)42)36(47-32)25-10-13-27(14-11-25)46-22-24-7-5-4-6-8-24/h4-16,19-20,32,36H,3,17-18,21-22H2,1-2H3,(H2,38,42)(H,39,41)/t32-,36+/m1/s1. The van der Waals surface area contributed by atoms with Crippen LogP contribution in [0.1, 0.15) is 45.8 Å². The second kappa shape index (κ2) is 15.8. The first-order chi connectivity index (χ1) is 22.8. The molecular weight excluding hydrogens is 638 g/mol. The van der Waals surface area contributed by atoms with Crippen LogP contribution in [0.3, 0.4) is 0 Å². The van der Waals surface area contributed by atoms with Gasteiger partial charge in [0, 0.05) is 18.7 Å². The average molecular weight is 674 g/mol. The van der Waals surface area contributed by atoms with Gasteiger partial charge in [0.1, 0.15) is 17.7 Å². The van der Waals surface area contributed by atoms with Gasteiger partial charge in [-0.1, -0.05) is 60.1 Å². The monoisotopic (exact) mass is 673 g/mol. The summed E-state index contributed by atoms with van der Waals surface area (Å²) in [5, 5.41) is 2.01. The molecule has 47 heavy (non-hydrogen) atoms. The number of ether oxygens (including phenoxy) is 3. The first-order valence-electron chi connectivity index (χ1n) is 15.2. The van der Waals surface area contributed by atoms with E-state index in [1.807, 2.05) is 79.7 Å². The lowest BCUT2D eigenvalue weighted by Crippen LogP contribution is -2.34. The first-order valence-corrected chi connectivity index (χ1v) is 16.5. The minimum atomic E-state index is -0.700. The lowest BCUT2D eigenvalue weighted by molar-refractivity contribution is -0.124.